The number of aromatic nitrogens is 3. The van der Waals surface area contributed by atoms with Crippen LogP contribution in [-0.4, -0.2) is 14.8 Å². The Morgan fingerprint density at radius 3 is 2.88 bits per heavy atom. The van der Waals surface area contributed by atoms with Gasteiger partial charge in [0, 0.05) is 33.3 Å². The van der Waals surface area contributed by atoms with E-state index in [2.05, 4.69) is 82.2 Å². The number of fused-ring (bicyclic) bond motifs is 1. The molecular weight excluding hydrogens is 358 g/mol. The summed E-state index contributed by atoms with van der Waals surface area (Å²) in [6.07, 6.45) is 1.90. The lowest BCUT2D eigenvalue weighted by Gasteiger charge is -2.07. The topological polar surface area (TPSA) is 30.7 Å². The van der Waals surface area contributed by atoms with Gasteiger partial charge in [0.05, 0.1) is 0 Å². The zero-order valence-electron chi connectivity index (χ0n) is 14.6. The average Bonchev–Trinajstić information content (AvgIpc) is 3.24. The van der Waals surface area contributed by atoms with E-state index < -0.39 is 0 Å². The molecule has 5 heteroatoms. The molecule has 0 spiro atoms. The van der Waals surface area contributed by atoms with Gasteiger partial charge < -0.3 is 0 Å². The molecule has 26 heavy (non-hydrogen) atoms. The Labute approximate surface area is 161 Å². The van der Waals surface area contributed by atoms with Crippen molar-refractivity contribution in [1.29, 1.82) is 0 Å². The van der Waals surface area contributed by atoms with E-state index in [1.807, 2.05) is 6.08 Å². The number of thiophene rings is 1. The second-order valence-corrected chi connectivity index (χ2v) is 7.98. The Kier molecular flexibility index (Phi) is 4.91. The van der Waals surface area contributed by atoms with Crippen LogP contribution in [0.25, 0.3) is 21.5 Å². The molecule has 2 aromatic carbocycles. The van der Waals surface area contributed by atoms with Crippen LogP contribution < -0.4 is 0 Å². The Bertz CT molecular complexity index is 1060. The van der Waals surface area contributed by atoms with Crippen molar-refractivity contribution in [3.63, 3.8) is 0 Å². The van der Waals surface area contributed by atoms with Gasteiger partial charge in [0.1, 0.15) is 0 Å². The predicted molar refractivity (Wildman–Crippen MR) is 112 cm³/mol. The van der Waals surface area contributed by atoms with Crippen LogP contribution in [0, 0.1) is 6.92 Å². The summed E-state index contributed by atoms with van der Waals surface area (Å²) < 4.78 is 3.42. The van der Waals surface area contributed by atoms with E-state index >= 15 is 0 Å². The highest BCUT2D eigenvalue weighted by atomic mass is 32.2. The van der Waals surface area contributed by atoms with Crippen molar-refractivity contribution < 1.29 is 0 Å². The maximum Gasteiger partial charge on any atom is 0.192 e. The summed E-state index contributed by atoms with van der Waals surface area (Å²) in [6, 6.07) is 17.0. The number of benzene rings is 2. The van der Waals surface area contributed by atoms with E-state index in [0.29, 0.717) is 6.54 Å². The number of thioether (sulfide) groups is 1. The van der Waals surface area contributed by atoms with Crippen LogP contribution in [0.2, 0.25) is 0 Å². The standard InChI is InChI=1S/C21H19N3S2/c1-3-11-24-20(18-14-25-19-10-5-4-9-17(18)19)22-23-21(24)26-13-16-8-6-7-15(2)12-16/h3-10,12,14H,1,11,13H2,2H3. The molecule has 0 N–H and O–H groups in total. The number of hydrogen-bond donors (Lipinski definition) is 0. The summed E-state index contributed by atoms with van der Waals surface area (Å²) in [5, 5.41) is 13.3. The number of hydrogen-bond acceptors (Lipinski definition) is 4. The Balaban J connectivity index is 1.68. The number of nitrogens with zero attached hydrogens (tertiary/aromatic N) is 3. The van der Waals surface area contributed by atoms with E-state index in [1.54, 1.807) is 23.1 Å². The minimum atomic E-state index is 0.697. The van der Waals surface area contributed by atoms with Crippen LogP contribution in [0.15, 0.2) is 71.7 Å². The van der Waals surface area contributed by atoms with Crippen molar-refractivity contribution in [3.05, 3.63) is 77.7 Å². The fourth-order valence-corrected chi connectivity index (χ4v) is 4.82. The molecule has 0 aliphatic carbocycles. The fraction of sp³-hybridized carbons (Fsp3) is 0.143. The largest absolute Gasteiger partial charge is 0.298 e. The van der Waals surface area contributed by atoms with E-state index in [4.69, 9.17) is 0 Å². The van der Waals surface area contributed by atoms with Crippen molar-refractivity contribution in [2.75, 3.05) is 0 Å². The molecule has 0 atom stereocenters. The monoisotopic (exact) mass is 377 g/mol. The van der Waals surface area contributed by atoms with Gasteiger partial charge in [0.25, 0.3) is 0 Å². The average molecular weight is 378 g/mol. The first-order valence-electron chi connectivity index (χ1n) is 8.45. The summed E-state index contributed by atoms with van der Waals surface area (Å²) in [5.41, 5.74) is 3.72. The van der Waals surface area contributed by atoms with Gasteiger partial charge in [-0.3, -0.25) is 4.57 Å². The Hall–Kier alpha value is -2.37. The maximum atomic E-state index is 4.51. The normalized spacial score (nSPS) is 11.1. The maximum absolute atomic E-state index is 4.51. The summed E-state index contributed by atoms with van der Waals surface area (Å²) in [4.78, 5) is 0. The predicted octanol–water partition coefficient (Wildman–Crippen LogP) is 5.95. The Morgan fingerprint density at radius 1 is 1.15 bits per heavy atom. The van der Waals surface area contributed by atoms with Crippen molar-refractivity contribution in [2.45, 2.75) is 24.4 Å². The minimum Gasteiger partial charge on any atom is -0.298 e. The Morgan fingerprint density at radius 2 is 2.04 bits per heavy atom. The summed E-state index contributed by atoms with van der Waals surface area (Å²) >= 11 is 3.46. The van der Waals surface area contributed by atoms with Crippen LogP contribution in [-0.2, 0) is 12.3 Å². The molecule has 2 aromatic heterocycles. The lowest BCUT2D eigenvalue weighted by atomic mass is 10.1. The van der Waals surface area contributed by atoms with Crippen molar-refractivity contribution in [3.8, 4) is 11.4 Å². The lowest BCUT2D eigenvalue weighted by molar-refractivity contribution is 0.731. The summed E-state index contributed by atoms with van der Waals surface area (Å²) in [7, 11) is 0. The molecule has 130 valence electrons. The molecule has 0 fully saturated rings. The molecule has 0 bridgehead atoms. The SMILES string of the molecule is C=CCn1c(SCc2cccc(C)c2)nnc1-c1csc2ccccc12. The highest BCUT2D eigenvalue weighted by Crippen LogP contribution is 2.34. The highest BCUT2D eigenvalue weighted by molar-refractivity contribution is 7.98. The third-order valence-electron chi connectivity index (χ3n) is 4.20. The first-order valence-corrected chi connectivity index (χ1v) is 10.3. The van der Waals surface area contributed by atoms with Gasteiger partial charge in [-0.25, -0.2) is 0 Å². The number of allylic oxidation sites excluding steroid dienone is 1. The van der Waals surface area contributed by atoms with E-state index in [1.165, 1.54) is 21.2 Å². The number of aryl methyl sites for hydroxylation is 1. The van der Waals surface area contributed by atoms with Gasteiger partial charge in [-0.15, -0.1) is 28.1 Å². The minimum absolute atomic E-state index is 0.697. The van der Waals surface area contributed by atoms with Crippen molar-refractivity contribution >= 4 is 33.2 Å². The molecular formula is C21H19N3S2. The van der Waals surface area contributed by atoms with E-state index in [-0.39, 0.29) is 0 Å². The summed E-state index contributed by atoms with van der Waals surface area (Å²) in [5.74, 6) is 1.79. The quantitative estimate of drug-likeness (QED) is 0.307. The second-order valence-electron chi connectivity index (χ2n) is 6.13. The molecule has 0 radical (unpaired) electrons. The van der Waals surface area contributed by atoms with Gasteiger partial charge in [-0.1, -0.05) is 65.9 Å². The zero-order valence-corrected chi connectivity index (χ0v) is 16.2. The smallest absolute Gasteiger partial charge is 0.192 e. The van der Waals surface area contributed by atoms with Gasteiger partial charge >= 0.3 is 0 Å². The van der Waals surface area contributed by atoms with Crippen molar-refractivity contribution in [1.82, 2.24) is 14.8 Å². The summed E-state index contributed by atoms with van der Waals surface area (Å²) in [6.45, 7) is 6.72. The highest BCUT2D eigenvalue weighted by Gasteiger charge is 2.16. The van der Waals surface area contributed by atoms with Crippen LogP contribution >= 0.6 is 23.1 Å². The first-order chi connectivity index (χ1) is 12.8. The molecule has 0 amide bonds. The second kappa shape index (κ2) is 7.48. The van der Waals surface area contributed by atoms with Gasteiger partial charge in [0.15, 0.2) is 11.0 Å². The molecule has 0 saturated carbocycles. The molecule has 4 rings (SSSR count). The van der Waals surface area contributed by atoms with E-state index in [0.717, 1.165) is 22.3 Å². The molecule has 4 aromatic rings. The third kappa shape index (κ3) is 3.32. The van der Waals surface area contributed by atoms with Gasteiger partial charge in [0.2, 0.25) is 0 Å². The molecule has 0 aliphatic heterocycles. The van der Waals surface area contributed by atoms with Crippen LogP contribution in [0.4, 0.5) is 0 Å². The van der Waals surface area contributed by atoms with Gasteiger partial charge in [-0.05, 0) is 18.6 Å². The van der Waals surface area contributed by atoms with Crippen LogP contribution in [0.1, 0.15) is 11.1 Å². The number of rotatable bonds is 6. The first kappa shape index (κ1) is 17.1. The molecule has 0 aliphatic rings. The molecule has 0 saturated heterocycles. The van der Waals surface area contributed by atoms with Crippen LogP contribution in [0.3, 0.4) is 0 Å². The van der Waals surface area contributed by atoms with Gasteiger partial charge in [-0.2, -0.15) is 0 Å². The lowest BCUT2D eigenvalue weighted by Crippen LogP contribution is -2.00. The van der Waals surface area contributed by atoms with E-state index in [9.17, 15) is 0 Å². The van der Waals surface area contributed by atoms with Crippen molar-refractivity contribution in [2.24, 2.45) is 0 Å². The van der Waals surface area contributed by atoms with Crippen LogP contribution in [0.5, 0.6) is 0 Å². The molecule has 3 nitrogen and oxygen atoms in total. The molecule has 0 unspecified atom stereocenters. The zero-order chi connectivity index (χ0) is 17.9. The third-order valence-corrected chi connectivity index (χ3v) is 6.20. The molecule has 2 heterocycles. The fourth-order valence-electron chi connectivity index (χ4n) is 2.99.